The van der Waals surface area contributed by atoms with Gasteiger partial charge in [0.1, 0.15) is 5.82 Å². The summed E-state index contributed by atoms with van der Waals surface area (Å²) in [6.45, 7) is 7.79. The highest BCUT2D eigenvalue weighted by molar-refractivity contribution is 6.06. The Kier molecular flexibility index (Phi) is 6.58. The van der Waals surface area contributed by atoms with Crippen molar-refractivity contribution in [1.82, 2.24) is 9.55 Å². The van der Waals surface area contributed by atoms with Crippen molar-refractivity contribution in [3.63, 3.8) is 0 Å². The van der Waals surface area contributed by atoms with Gasteiger partial charge in [-0.05, 0) is 70.9 Å². The molecule has 0 aliphatic heterocycles. The van der Waals surface area contributed by atoms with Crippen LogP contribution in [0, 0.1) is 6.92 Å². The van der Waals surface area contributed by atoms with Crippen molar-refractivity contribution in [3.05, 3.63) is 58.4 Å². The first-order chi connectivity index (χ1) is 15.5. The van der Waals surface area contributed by atoms with Crippen LogP contribution in [0.4, 0.5) is 18.9 Å². The van der Waals surface area contributed by atoms with Crippen molar-refractivity contribution < 1.29 is 28.2 Å². The maximum atomic E-state index is 13.3. The molecule has 0 atom stereocenters. The van der Waals surface area contributed by atoms with Gasteiger partial charge in [-0.25, -0.2) is 4.98 Å². The fourth-order valence-electron chi connectivity index (χ4n) is 3.92. The van der Waals surface area contributed by atoms with Gasteiger partial charge in [0.25, 0.3) is 5.91 Å². The number of nitrogens with one attached hydrogen (secondary N) is 1. The standard InChI is InChI=1S/C25H30F3N3O3/c1-14-15(8-7-9-16(14)25(26,27)28)22(32)30-18-13-20-19(12-17(18)24(4,5)34)29-21(31(20)6)10-11-23(2,3)33/h7-9,12-13,33-34H,10-11H2,1-6H3,(H,30,32). The Bertz CT molecular complexity index is 1230. The van der Waals surface area contributed by atoms with Crippen LogP contribution in [0.3, 0.4) is 0 Å². The van der Waals surface area contributed by atoms with Gasteiger partial charge in [-0.2, -0.15) is 13.2 Å². The van der Waals surface area contributed by atoms with E-state index in [0.717, 1.165) is 11.9 Å². The van der Waals surface area contributed by atoms with Gasteiger partial charge in [-0.3, -0.25) is 4.79 Å². The molecule has 0 fully saturated rings. The smallest absolute Gasteiger partial charge is 0.390 e. The van der Waals surface area contributed by atoms with Crippen LogP contribution in [0.2, 0.25) is 0 Å². The Hall–Kier alpha value is -2.91. The molecule has 34 heavy (non-hydrogen) atoms. The number of nitrogens with zero attached hydrogens (tertiary/aromatic N) is 2. The Balaban J connectivity index is 2.06. The number of halogens is 3. The van der Waals surface area contributed by atoms with Crippen molar-refractivity contribution in [1.29, 1.82) is 0 Å². The summed E-state index contributed by atoms with van der Waals surface area (Å²) in [5.74, 6) is 0.00823. The van der Waals surface area contributed by atoms with Gasteiger partial charge in [0.15, 0.2) is 0 Å². The lowest BCUT2D eigenvalue weighted by molar-refractivity contribution is -0.138. The molecule has 6 nitrogen and oxygen atoms in total. The molecule has 0 radical (unpaired) electrons. The van der Waals surface area contributed by atoms with Gasteiger partial charge in [0.2, 0.25) is 0 Å². The number of fused-ring (bicyclic) bond motifs is 1. The van der Waals surface area contributed by atoms with Crippen molar-refractivity contribution in [2.24, 2.45) is 7.05 Å². The first kappa shape index (κ1) is 25.7. The van der Waals surface area contributed by atoms with E-state index in [9.17, 15) is 28.2 Å². The molecule has 0 unspecified atom stereocenters. The summed E-state index contributed by atoms with van der Waals surface area (Å²) in [5.41, 5.74) is -1.44. The average Bonchev–Trinajstić information content (AvgIpc) is 2.99. The number of carbonyl (C=O) groups excluding carboxylic acids is 1. The molecule has 1 aromatic heterocycles. The molecule has 1 heterocycles. The number of rotatable bonds is 6. The van der Waals surface area contributed by atoms with Crippen LogP contribution in [-0.2, 0) is 25.2 Å². The Labute approximate surface area is 196 Å². The second-order valence-electron chi connectivity index (χ2n) is 9.78. The number of aromatic nitrogens is 2. The zero-order valence-electron chi connectivity index (χ0n) is 20.1. The Morgan fingerprint density at radius 1 is 1.09 bits per heavy atom. The van der Waals surface area contributed by atoms with Crippen molar-refractivity contribution in [2.75, 3.05) is 5.32 Å². The first-order valence-corrected chi connectivity index (χ1v) is 10.9. The van der Waals surface area contributed by atoms with Gasteiger partial charge in [-0.1, -0.05) is 6.07 Å². The van der Waals surface area contributed by atoms with E-state index in [1.165, 1.54) is 19.1 Å². The topological polar surface area (TPSA) is 87.4 Å². The monoisotopic (exact) mass is 477 g/mol. The molecule has 0 saturated heterocycles. The summed E-state index contributed by atoms with van der Waals surface area (Å²) < 4.78 is 41.8. The number of carbonyl (C=O) groups is 1. The average molecular weight is 478 g/mol. The first-order valence-electron chi connectivity index (χ1n) is 10.9. The van der Waals surface area contributed by atoms with Gasteiger partial charge >= 0.3 is 6.18 Å². The summed E-state index contributed by atoms with van der Waals surface area (Å²) in [4.78, 5) is 17.6. The summed E-state index contributed by atoms with van der Waals surface area (Å²) in [7, 11) is 1.81. The number of hydrogen-bond donors (Lipinski definition) is 3. The number of anilines is 1. The number of aryl methyl sites for hydroxylation is 2. The predicted octanol–water partition coefficient (Wildman–Crippen LogP) is 5.08. The predicted molar refractivity (Wildman–Crippen MR) is 125 cm³/mol. The largest absolute Gasteiger partial charge is 0.416 e. The van der Waals surface area contributed by atoms with E-state index in [-0.39, 0.29) is 16.8 Å². The minimum Gasteiger partial charge on any atom is -0.390 e. The van der Waals surface area contributed by atoms with Gasteiger partial charge in [0, 0.05) is 30.3 Å². The van der Waals surface area contributed by atoms with Crippen LogP contribution < -0.4 is 5.32 Å². The fraction of sp³-hybridized carbons (Fsp3) is 0.440. The second kappa shape index (κ2) is 8.70. The molecular weight excluding hydrogens is 447 g/mol. The van der Waals surface area contributed by atoms with Crippen LogP contribution in [0.5, 0.6) is 0 Å². The van der Waals surface area contributed by atoms with Crippen LogP contribution in [0.25, 0.3) is 11.0 Å². The number of aliphatic hydroxyl groups is 2. The van der Waals surface area contributed by atoms with Gasteiger partial charge < -0.3 is 20.1 Å². The molecule has 3 N–H and O–H groups in total. The van der Waals surface area contributed by atoms with E-state index >= 15 is 0 Å². The molecule has 1 amide bonds. The molecule has 0 bridgehead atoms. The number of benzene rings is 2. The summed E-state index contributed by atoms with van der Waals surface area (Å²) in [5, 5.41) is 23.5. The SMILES string of the molecule is Cc1c(C(=O)Nc2cc3c(cc2C(C)(C)O)nc(CCC(C)(C)O)n3C)cccc1C(F)(F)F. The summed E-state index contributed by atoms with van der Waals surface area (Å²) >= 11 is 0. The van der Waals surface area contributed by atoms with Crippen molar-refractivity contribution in [2.45, 2.75) is 64.8 Å². The minimum absolute atomic E-state index is 0.104. The van der Waals surface area contributed by atoms with E-state index < -0.39 is 28.8 Å². The highest BCUT2D eigenvalue weighted by Crippen LogP contribution is 2.35. The molecule has 0 spiro atoms. The number of imidazole rings is 1. The molecule has 184 valence electrons. The number of amides is 1. The maximum absolute atomic E-state index is 13.3. The van der Waals surface area contributed by atoms with Crippen LogP contribution in [0.1, 0.15) is 67.0 Å². The molecule has 3 aromatic rings. The third-order valence-corrected chi connectivity index (χ3v) is 5.86. The highest BCUT2D eigenvalue weighted by atomic mass is 19.4. The Morgan fingerprint density at radius 2 is 1.74 bits per heavy atom. The number of hydrogen-bond acceptors (Lipinski definition) is 4. The molecule has 0 aliphatic carbocycles. The molecule has 2 aromatic carbocycles. The minimum atomic E-state index is -4.58. The van der Waals surface area contributed by atoms with E-state index in [0.29, 0.717) is 29.4 Å². The van der Waals surface area contributed by atoms with Crippen molar-refractivity contribution >= 4 is 22.6 Å². The molecular formula is C25H30F3N3O3. The third-order valence-electron chi connectivity index (χ3n) is 5.86. The van der Waals surface area contributed by atoms with Crippen LogP contribution in [0.15, 0.2) is 30.3 Å². The fourth-order valence-corrected chi connectivity index (χ4v) is 3.92. The summed E-state index contributed by atoms with van der Waals surface area (Å²) in [6, 6.07) is 6.79. The second-order valence-corrected chi connectivity index (χ2v) is 9.78. The number of alkyl halides is 3. The van der Waals surface area contributed by atoms with Crippen molar-refractivity contribution in [3.8, 4) is 0 Å². The lowest BCUT2D eigenvalue weighted by Crippen LogP contribution is -2.22. The van der Waals surface area contributed by atoms with Gasteiger partial charge in [-0.15, -0.1) is 0 Å². The van der Waals surface area contributed by atoms with E-state index in [1.54, 1.807) is 46.9 Å². The molecule has 9 heteroatoms. The van der Waals surface area contributed by atoms with E-state index in [1.807, 2.05) is 4.57 Å². The van der Waals surface area contributed by atoms with E-state index in [2.05, 4.69) is 10.3 Å². The maximum Gasteiger partial charge on any atom is 0.416 e. The lowest BCUT2D eigenvalue weighted by Gasteiger charge is -2.22. The molecule has 3 rings (SSSR count). The van der Waals surface area contributed by atoms with Crippen LogP contribution in [-0.4, -0.2) is 31.3 Å². The summed E-state index contributed by atoms with van der Waals surface area (Å²) in [6.07, 6.45) is -3.58. The zero-order chi connectivity index (χ0) is 25.6. The van der Waals surface area contributed by atoms with Crippen LogP contribution >= 0.6 is 0 Å². The molecule has 0 saturated carbocycles. The molecule has 0 aliphatic rings. The Morgan fingerprint density at radius 3 is 2.29 bits per heavy atom. The van der Waals surface area contributed by atoms with Gasteiger partial charge in [0.05, 0.1) is 27.8 Å². The lowest BCUT2D eigenvalue weighted by atomic mass is 9.95. The normalized spacial score (nSPS) is 12.9. The zero-order valence-corrected chi connectivity index (χ0v) is 20.1. The van der Waals surface area contributed by atoms with E-state index in [4.69, 9.17) is 0 Å². The third kappa shape index (κ3) is 5.42. The highest BCUT2D eigenvalue weighted by Gasteiger charge is 2.34. The quantitative estimate of drug-likeness (QED) is 0.462.